The summed E-state index contributed by atoms with van der Waals surface area (Å²) in [6.45, 7) is 5.91. The molecule has 0 aromatic carbocycles. The molecule has 0 atom stereocenters. The van der Waals surface area contributed by atoms with Crippen molar-refractivity contribution in [2.45, 2.75) is 39.5 Å². The molecule has 1 heterocycles. The minimum atomic E-state index is 0.778. The van der Waals surface area contributed by atoms with Gasteiger partial charge in [0.15, 0.2) is 0 Å². The quantitative estimate of drug-likeness (QED) is 0.637. The first kappa shape index (κ1) is 9.17. The molecule has 2 nitrogen and oxygen atoms in total. The lowest BCUT2D eigenvalue weighted by Gasteiger charge is -1.94. The maximum Gasteiger partial charge on any atom is 0.125 e. The second-order valence-corrected chi connectivity index (χ2v) is 2.84. The third-order valence-electron chi connectivity index (χ3n) is 1.85. The molecule has 1 aromatic heterocycles. The van der Waals surface area contributed by atoms with Crippen LogP contribution in [0.5, 0.6) is 0 Å². The van der Waals surface area contributed by atoms with Crippen LogP contribution in [0, 0.1) is 6.92 Å². The lowest BCUT2D eigenvalue weighted by molar-refractivity contribution is 0.983. The molecule has 2 heteroatoms. The Morgan fingerprint density at radius 3 is 2.08 bits per heavy atom. The molecule has 0 radical (unpaired) electrons. The second-order valence-electron chi connectivity index (χ2n) is 2.84. The predicted octanol–water partition coefficient (Wildman–Crippen LogP) is 2.69. The maximum absolute atomic E-state index is 4.13. The molecule has 0 N–H and O–H groups in total. The third-order valence-corrected chi connectivity index (χ3v) is 1.85. The zero-order valence-corrected chi connectivity index (χ0v) is 8.04. The summed E-state index contributed by atoms with van der Waals surface area (Å²) in [6, 6.07) is 0. The van der Waals surface area contributed by atoms with Crippen molar-refractivity contribution in [3.8, 4) is 0 Å². The lowest BCUT2D eigenvalue weighted by atomic mass is 10.2. The first-order valence-corrected chi connectivity index (χ1v) is 4.65. The highest BCUT2D eigenvalue weighted by Crippen LogP contribution is 2.39. The number of aromatic nitrogens is 2. The Hall–Kier alpha value is -0.920. The van der Waals surface area contributed by atoms with Crippen molar-refractivity contribution < 1.29 is 0 Å². The van der Waals surface area contributed by atoms with Crippen LogP contribution < -0.4 is 0 Å². The van der Waals surface area contributed by atoms with Crippen molar-refractivity contribution in [1.82, 2.24) is 9.97 Å². The van der Waals surface area contributed by atoms with Crippen molar-refractivity contribution in [1.29, 1.82) is 0 Å². The molecule has 66 valence electrons. The summed E-state index contributed by atoms with van der Waals surface area (Å²) in [5, 5.41) is 0. The van der Waals surface area contributed by atoms with Gasteiger partial charge in [0.1, 0.15) is 5.82 Å². The number of rotatable bonds is 1. The van der Waals surface area contributed by atoms with Crippen LogP contribution in [-0.2, 0) is 0 Å². The molecule has 1 saturated carbocycles. The second kappa shape index (κ2) is 4.19. The Morgan fingerprint density at radius 1 is 1.17 bits per heavy atom. The SMILES string of the molecule is CC.Cc1ncc(C2CC2)cn1. The molecule has 1 fully saturated rings. The molecule has 1 aliphatic carbocycles. The van der Waals surface area contributed by atoms with Gasteiger partial charge in [0, 0.05) is 12.4 Å². The van der Waals surface area contributed by atoms with E-state index in [0.717, 1.165) is 11.7 Å². The summed E-state index contributed by atoms with van der Waals surface area (Å²) in [5.74, 6) is 1.64. The molecule has 1 aliphatic rings. The highest BCUT2D eigenvalue weighted by Gasteiger charge is 2.23. The van der Waals surface area contributed by atoms with Gasteiger partial charge in [0.25, 0.3) is 0 Å². The van der Waals surface area contributed by atoms with E-state index >= 15 is 0 Å². The van der Waals surface area contributed by atoms with Gasteiger partial charge in [0.05, 0.1) is 0 Å². The molecule has 0 saturated heterocycles. The van der Waals surface area contributed by atoms with Crippen LogP contribution >= 0.6 is 0 Å². The van der Waals surface area contributed by atoms with Crippen molar-refractivity contribution in [2.75, 3.05) is 0 Å². The van der Waals surface area contributed by atoms with Gasteiger partial charge in [0.2, 0.25) is 0 Å². The zero-order valence-electron chi connectivity index (χ0n) is 8.04. The third kappa shape index (κ3) is 2.29. The maximum atomic E-state index is 4.13. The van der Waals surface area contributed by atoms with Crippen LogP contribution in [0.25, 0.3) is 0 Å². The van der Waals surface area contributed by atoms with Crippen LogP contribution in [0.2, 0.25) is 0 Å². The summed E-state index contributed by atoms with van der Waals surface area (Å²) in [4.78, 5) is 8.26. The Labute approximate surface area is 74.1 Å². The van der Waals surface area contributed by atoms with Crippen LogP contribution in [0.1, 0.15) is 44.0 Å². The Balaban J connectivity index is 0.000000336. The van der Waals surface area contributed by atoms with Crippen molar-refractivity contribution >= 4 is 0 Å². The fourth-order valence-corrected chi connectivity index (χ4v) is 1.03. The van der Waals surface area contributed by atoms with E-state index in [1.807, 2.05) is 33.2 Å². The number of hydrogen-bond acceptors (Lipinski definition) is 2. The van der Waals surface area contributed by atoms with E-state index < -0.39 is 0 Å². The average molecular weight is 164 g/mol. The molecule has 0 amide bonds. The smallest absolute Gasteiger partial charge is 0.125 e. The van der Waals surface area contributed by atoms with E-state index in [1.165, 1.54) is 18.4 Å². The first-order chi connectivity index (χ1) is 5.86. The van der Waals surface area contributed by atoms with Crippen LogP contribution in [-0.4, -0.2) is 9.97 Å². The standard InChI is InChI=1S/C8H10N2.C2H6/c1-6-9-4-8(5-10-6)7-2-3-7;1-2/h4-5,7H,2-3H2,1H3;1-2H3. The highest BCUT2D eigenvalue weighted by molar-refractivity contribution is 5.16. The van der Waals surface area contributed by atoms with Crippen molar-refractivity contribution in [3.63, 3.8) is 0 Å². The van der Waals surface area contributed by atoms with Gasteiger partial charge >= 0.3 is 0 Å². The van der Waals surface area contributed by atoms with E-state index in [1.54, 1.807) is 0 Å². The van der Waals surface area contributed by atoms with E-state index in [2.05, 4.69) is 9.97 Å². The fourth-order valence-electron chi connectivity index (χ4n) is 1.03. The monoisotopic (exact) mass is 164 g/mol. The van der Waals surface area contributed by atoms with Gasteiger partial charge in [-0.05, 0) is 31.2 Å². The highest BCUT2D eigenvalue weighted by atomic mass is 14.8. The fraction of sp³-hybridized carbons (Fsp3) is 0.600. The number of hydrogen-bond donors (Lipinski definition) is 0. The predicted molar refractivity (Wildman–Crippen MR) is 50.1 cm³/mol. The molecule has 0 aliphatic heterocycles. The molecular weight excluding hydrogens is 148 g/mol. The first-order valence-electron chi connectivity index (χ1n) is 4.65. The van der Waals surface area contributed by atoms with E-state index in [9.17, 15) is 0 Å². The Bertz CT molecular complexity index is 224. The minimum Gasteiger partial charge on any atom is -0.241 e. The number of aryl methyl sites for hydroxylation is 1. The van der Waals surface area contributed by atoms with E-state index in [4.69, 9.17) is 0 Å². The molecule has 12 heavy (non-hydrogen) atoms. The number of nitrogens with zero attached hydrogens (tertiary/aromatic N) is 2. The largest absolute Gasteiger partial charge is 0.241 e. The summed E-state index contributed by atoms with van der Waals surface area (Å²) in [7, 11) is 0. The van der Waals surface area contributed by atoms with Gasteiger partial charge in [-0.1, -0.05) is 13.8 Å². The molecule has 0 unspecified atom stereocenters. The summed E-state index contributed by atoms with van der Waals surface area (Å²) in [5.41, 5.74) is 1.31. The summed E-state index contributed by atoms with van der Waals surface area (Å²) < 4.78 is 0. The lowest BCUT2D eigenvalue weighted by Crippen LogP contribution is -1.88. The van der Waals surface area contributed by atoms with Gasteiger partial charge < -0.3 is 0 Å². The van der Waals surface area contributed by atoms with Crippen molar-refractivity contribution in [2.24, 2.45) is 0 Å². The summed E-state index contributed by atoms with van der Waals surface area (Å²) in [6.07, 6.45) is 6.54. The zero-order chi connectivity index (χ0) is 8.97. The molecular formula is C10H16N2. The van der Waals surface area contributed by atoms with Crippen molar-refractivity contribution in [3.05, 3.63) is 23.8 Å². The molecule has 2 rings (SSSR count). The van der Waals surface area contributed by atoms with E-state index in [-0.39, 0.29) is 0 Å². The van der Waals surface area contributed by atoms with Gasteiger partial charge in [-0.2, -0.15) is 0 Å². The molecule has 1 aromatic rings. The normalized spacial score (nSPS) is 14.9. The summed E-state index contributed by atoms with van der Waals surface area (Å²) >= 11 is 0. The Kier molecular flexibility index (Phi) is 3.20. The van der Waals surface area contributed by atoms with E-state index in [0.29, 0.717) is 0 Å². The van der Waals surface area contributed by atoms with Crippen LogP contribution in [0.15, 0.2) is 12.4 Å². The van der Waals surface area contributed by atoms with Gasteiger partial charge in [-0.3, -0.25) is 0 Å². The van der Waals surface area contributed by atoms with Crippen LogP contribution in [0.4, 0.5) is 0 Å². The molecule has 0 spiro atoms. The van der Waals surface area contributed by atoms with Gasteiger partial charge in [-0.15, -0.1) is 0 Å². The average Bonchev–Trinajstić information content (AvgIpc) is 2.93. The molecule has 0 bridgehead atoms. The van der Waals surface area contributed by atoms with Crippen LogP contribution in [0.3, 0.4) is 0 Å². The topological polar surface area (TPSA) is 25.8 Å². The van der Waals surface area contributed by atoms with Gasteiger partial charge in [-0.25, -0.2) is 9.97 Å². The minimum absolute atomic E-state index is 0.778. The Morgan fingerprint density at radius 2 is 1.67 bits per heavy atom.